The molecule has 1 unspecified atom stereocenters. The van der Waals surface area contributed by atoms with Gasteiger partial charge in [-0.2, -0.15) is 0 Å². The van der Waals surface area contributed by atoms with E-state index < -0.39 is 0 Å². The van der Waals surface area contributed by atoms with Crippen LogP contribution in [0.25, 0.3) is 0 Å². The number of nitrogens with one attached hydrogen (secondary N) is 1. The van der Waals surface area contributed by atoms with Crippen LogP contribution in [-0.2, 0) is 16.6 Å². The van der Waals surface area contributed by atoms with Gasteiger partial charge in [-0.3, -0.25) is 9.89 Å². The molecule has 0 bridgehead atoms. The minimum Gasteiger partial charge on any atom is -0.379 e. The largest absolute Gasteiger partial charge is 0.379 e. The molecule has 0 radical (unpaired) electrons. The number of morpholine rings is 1. The van der Waals surface area contributed by atoms with Crippen LogP contribution in [0.2, 0.25) is 0 Å². The Kier molecular flexibility index (Phi) is 10.1. The molecule has 1 N–H and O–H groups in total. The normalized spacial score (nSPS) is 21.3. The molecule has 3 heterocycles. The lowest BCUT2D eigenvalue weighted by Crippen LogP contribution is -2.42. The number of thiazole rings is 1. The second-order valence-corrected chi connectivity index (χ2v) is 9.82. The first-order chi connectivity index (χ1) is 13.5. The van der Waals surface area contributed by atoms with E-state index in [0.717, 1.165) is 70.8 Å². The molecule has 8 heteroatoms. The highest BCUT2D eigenvalue weighted by Gasteiger charge is 2.27. The van der Waals surface area contributed by atoms with Gasteiger partial charge in [-0.25, -0.2) is 4.98 Å². The van der Waals surface area contributed by atoms with E-state index in [9.17, 15) is 0 Å². The Morgan fingerprint density at radius 1 is 1.31 bits per heavy atom. The third kappa shape index (κ3) is 7.63. The number of guanidine groups is 1. The molecule has 1 aromatic heterocycles. The molecule has 1 atom stereocenters. The zero-order chi connectivity index (χ0) is 20.0. The molecule has 6 nitrogen and oxygen atoms in total. The molecule has 0 aromatic carbocycles. The number of likely N-dealkylation sites (tertiary alicyclic amines) is 1. The van der Waals surface area contributed by atoms with E-state index in [1.165, 1.54) is 23.7 Å². The summed E-state index contributed by atoms with van der Waals surface area (Å²) in [4.78, 5) is 14.7. The van der Waals surface area contributed by atoms with Crippen molar-refractivity contribution in [1.29, 1.82) is 0 Å². The standard InChI is InChI=1S/C21H37N5OS.HI/c1-5-22-20(23-8-6-19-24-18(16-28-19)21(2,3)4)26-9-7-17(15-26)14-25-10-12-27-13-11-25;/h16-17H,5-15H2,1-4H3,(H,22,23);1H. The van der Waals surface area contributed by atoms with Crippen LogP contribution in [0, 0.1) is 5.92 Å². The van der Waals surface area contributed by atoms with Crippen molar-refractivity contribution in [3.05, 3.63) is 16.1 Å². The molecule has 0 aliphatic carbocycles. The average molecular weight is 536 g/mol. The van der Waals surface area contributed by atoms with Crippen molar-refractivity contribution < 1.29 is 4.74 Å². The second-order valence-electron chi connectivity index (χ2n) is 8.88. The summed E-state index contributed by atoms with van der Waals surface area (Å²) in [5.41, 5.74) is 1.31. The highest BCUT2D eigenvalue weighted by molar-refractivity contribution is 14.0. The number of hydrogen-bond acceptors (Lipinski definition) is 5. The van der Waals surface area contributed by atoms with Crippen LogP contribution in [0.5, 0.6) is 0 Å². The first-order valence-corrected chi connectivity index (χ1v) is 11.6. The number of hydrogen-bond donors (Lipinski definition) is 1. The van der Waals surface area contributed by atoms with Crippen LogP contribution in [0.3, 0.4) is 0 Å². The van der Waals surface area contributed by atoms with Gasteiger partial charge in [-0.1, -0.05) is 20.8 Å². The van der Waals surface area contributed by atoms with Gasteiger partial charge in [0, 0.05) is 63.0 Å². The van der Waals surface area contributed by atoms with Gasteiger partial charge in [0.2, 0.25) is 0 Å². The van der Waals surface area contributed by atoms with Gasteiger partial charge in [0.15, 0.2) is 5.96 Å². The molecule has 166 valence electrons. The van der Waals surface area contributed by atoms with E-state index in [-0.39, 0.29) is 29.4 Å². The number of aliphatic imine (C=N–C) groups is 1. The maximum absolute atomic E-state index is 5.47. The average Bonchev–Trinajstić information content (AvgIpc) is 3.31. The molecule has 2 fully saturated rings. The molecule has 0 amide bonds. The summed E-state index contributed by atoms with van der Waals surface area (Å²) in [7, 11) is 0. The van der Waals surface area contributed by atoms with Crippen molar-refractivity contribution in [1.82, 2.24) is 20.1 Å². The lowest BCUT2D eigenvalue weighted by Gasteiger charge is -2.29. The van der Waals surface area contributed by atoms with Crippen molar-refractivity contribution in [3.8, 4) is 0 Å². The number of aromatic nitrogens is 1. The molecular weight excluding hydrogens is 497 g/mol. The maximum atomic E-state index is 5.47. The summed E-state index contributed by atoms with van der Waals surface area (Å²) in [5, 5.41) is 6.88. The molecule has 3 rings (SSSR count). The van der Waals surface area contributed by atoms with Gasteiger partial charge in [-0.05, 0) is 19.3 Å². The Hall–Kier alpha value is -0.450. The van der Waals surface area contributed by atoms with Crippen LogP contribution in [0.4, 0.5) is 0 Å². The fourth-order valence-electron chi connectivity index (χ4n) is 3.78. The van der Waals surface area contributed by atoms with Crippen molar-refractivity contribution in [3.63, 3.8) is 0 Å². The van der Waals surface area contributed by atoms with Gasteiger partial charge < -0.3 is 15.0 Å². The molecule has 1 aromatic rings. The predicted molar refractivity (Wildman–Crippen MR) is 133 cm³/mol. The van der Waals surface area contributed by atoms with Crippen molar-refractivity contribution in [2.45, 2.75) is 46.0 Å². The number of nitrogens with zero attached hydrogens (tertiary/aromatic N) is 4. The zero-order valence-corrected chi connectivity index (χ0v) is 21.6. The van der Waals surface area contributed by atoms with Crippen molar-refractivity contribution >= 4 is 41.3 Å². The van der Waals surface area contributed by atoms with Gasteiger partial charge in [0.05, 0.1) is 23.9 Å². The van der Waals surface area contributed by atoms with E-state index in [4.69, 9.17) is 14.7 Å². The van der Waals surface area contributed by atoms with E-state index in [0.29, 0.717) is 0 Å². The van der Waals surface area contributed by atoms with Gasteiger partial charge in [0.1, 0.15) is 0 Å². The van der Waals surface area contributed by atoms with E-state index >= 15 is 0 Å². The van der Waals surface area contributed by atoms with Crippen molar-refractivity contribution in [2.24, 2.45) is 10.9 Å². The number of halogens is 1. The van der Waals surface area contributed by atoms with E-state index in [2.05, 4.69) is 48.2 Å². The van der Waals surface area contributed by atoms with Crippen LogP contribution in [-0.4, -0.2) is 79.8 Å². The summed E-state index contributed by atoms with van der Waals surface area (Å²) in [6.45, 7) is 17.8. The van der Waals surface area contributed by atoms with Crippen LogP contribution < -0.4 is 5.32 Å². The smallest absolute Gasteiger partial charge is 0.193 e. The highest BCUT2D eigenvalue weighted by Crippen LogP contribution is 2.24. The summed E-state index contributed by atoms with van der Waals surface area (Å²) in [6.07, 6.45) is 2.17. The van der Waals surface area contributed by atoms with Crippen molar-refractivity contribution in [2.75, 3.05) is 59.0 Å². The molecule has 29 heavy (non-hydrogen) atoms. The minimum absolute atomic E-state index is 0. The van der Waals surface area contributed by atoms with E-state index in [1.807, 2.05) is 0 Å². The summed E-state index contributed by atoms with van der Waals surface area (Å²) in [6, 6.07) is 0. The number of ether oxygens (including phenoxy) is 1. The summed E-state index contributed by atoms with van der Waals surface area (Å²) < 4.78 is 5.47. The lowest BCUT2D eigenvalue weighted by molar-refractivity contribution is 0.0315. The molecule has 2 aliphatic rings. The summed E-state index contributed by atoms with van der Waals surface area (Å²) in [5.74, 6) is 1.80. The SMILES string of the molecule is CCNC(=NCCc1nc(C(C)(C)C)cs1)N1CCC(CN2CCOCC2)C1.I. The number of rotatable bonds is 6. The zero-order valence-electron chi connectivity index (χ0n) is 18.4. The van der Waals surface area contributed by atoms with Crippen LogP contribution >= 0.6 is 35.3 Å². The monoisotopic (exact) mass is 535 g/mol. The first-order valence-electron chi connectivity index (χ1n) is 10.7. The highest BCUT2D eigenvalue weighted by atomic mass is 127. The third-order valence-corrected chi connectivity index (χ3v) is 6.36. The van der Waals surface area contributed by atoms with E-state index in [1.54, 1.807) is 11.3 Å². The van der Waals surface area contributed by atoms with Gasteiger partial charge in [0.25, 0.3) is 0 Å². The lowest BCUT2D eigenvalue weighted by atomic mass is 9.93. The Morgan fingerprint density at radius 2 is 2.07 bits per heavy atom. The Balaban J connectivity index is 0.00000300. The predicted octanol–water partition coefficient (Wildman–Crippen LogP) is 3.22. The second kappa shape index (κ2) is 11.8. The Morgan fingerprint density at radius 3 is 2.72 bits per heavy atom. The van der Waals surface area contributed by atoms with Gasteiger partial charge in [-0.15, -0.1) is 35.3 Å². The van der Waals surface area contributed by atoms with Crippen LogP contribution in [0.1, 0.15) is 44.8 Å². The van der Waals surface area contributed by atoms with Crippen LogP contribution in [0.15, 0.2) is 10.4 Å². The fraction of sp³-hybridized carbons (Fsp3) is 0.810. The maximum Gasteiger partial charge on any atom is 0.193 e. The third-order valence-electron chi connectivity index (χ3n) is 5.45. The topological polar surface area (TPSA) is 53.0 Å². The Bertz CT molecular complexity index is 639. The first kappa shape index (κ1) is 24.8. The molecule has 2 aliphatic heterocycles. The van der Waals surface area contributed by atoms with Gasteiger partial charge >= 0.3 is 0 Å². The fourth-order valence-corrected chi connectivity index (χ4v) is 4.79. The Labute approximate surface area is 197 Å². The molecule has 0 spiro atoms. The minimum atomic E-state index is 0. The quantitative estimate of drug-likeness (QED) is 0.345. The molecular formula is C21H38IN5OS. The molecule has 0 saturated carbocycles. The molecule has 2 saturated heterocycles. The summed E-state index contributed by atoms with van der Waals surface area (Å²) >= 11 is 1.76.